The molecule has 1 heterocycles. The molecule has 1 aliphatic carbocycles. The Balaban J connectivity index is 2.41. The summed E-state index contributed by atoms with van der Waals surface area (Å²) in [6.45, 7) is 0. The van der Waals surface area contributed by atoms with Gasteiger partial charge in [-0.1, -0.05) is 0 Å². The minimum atomic E-state index is 0.265. The third-order valence-electron chi connectivity index (χ3n) is 1.90. The molecule has 0 atom stereocenters. The molecule has 4 nitrogen and oxygen atoms in total. The van der Waals surface area contributed by atoms with Gasteiger partial charge >= 0.3 is 0 Å². The highest BCUT2D eigenvalue weighted by Gasteiger charge is 2.18. The molecule has 58 valence electrons. The Morgan fingerprint density at radius 1 is 1.45 bits per heavy atom. The maximum Gasteiger partial charge on any atom is 0.197 e. The summed E-state index contributed by atoms with van der Waals surface area (Å²) < 4.78 is 0. The number of nitrogens with one attached hydrogen (secondary N) is 1. The topological polar surface area (TPSA) is 71.8 Å². The molecule has 0 unspecified atom stereocenters. The lowest BCUT2D eigenvalue weighted by Gasteiger charge is -2.06. The summed E-state index contributed by atoms with van der Waals surface area (Å²) in [6, 6.07) is 0. The number of carbonyl (C=O) groups excluding carboxylic acids is 1. The second-order valence-electron chi connectivity index (χ2n) is 2.76. The van der Waals surface area contributed by atoms with E-state index in [1.807, 2.05) is 0 Å². The molecule has 0 aromatic carbocycles. The quantitative estimate of drug-likeness (QED) is 0.550. The average molecular weight is 151 g/mol. The van der Waals surface area contributed by atoms with E-state index in [0.29, 0.717) is 18.8 Å². The summed E-state index contributed by atoms with van der Waals surface area (Å²) in [6.07, 6.45) is 1.82. The van der Waals surface area contributed by atoms with Crippen LogP contribution < -0.4 is 5.73 Å². The third kappa shape index (κ3) is 1.00. The van der Waals surface area contributed by atoms with Gasteiger partial charge in [-0.05, 0) is 6.42 Å². The van der Waals surface area contributed by atoms with Crippen LogP contribution in [0, 0.1) is 0 Å². The van der Waals surface area contributed by atoms with Crippen LogP contribution in [0.3, 0.4) is 0 Å². The SMILES string of the molecule is Nc1nc2c([nH]1)CC(=O)CC2. The number of H-pyrrole nitrogens is 1. The number of aromatic nitrogens is 2. The van der Waals surface area contributed by atoms with Gasteiger partial charge in [-0.2, -0.15) is 0 Å². The fourth-order valence-electron chi connectivity index (χ4n) is 1.36. The molecule has 0 spiro atoms. The van der Waals surface area contributed by atoms with Gasteiger partial charge in [-0.3, -0.25) is 4.79 Å². The number of anilines is 1. The molecule has 0 fully saturated rings. The molecule has 2 rings (SSSR count). The highest BCUT2D eigenvalue weighted by Crippen LogP contribution is 2.16. The van der Waals surface area contributed by atoms with Crippen LogP contribution in [0.25, 0.3) is 0 Å². The number of Topliss-reactive ketones (excluding diaryl/α,β-unsaturated/α-hetero) is 1. The molecule has 0 radical (unpaired) electrons. The van der Waals surface area contributed by atoms with Crippen LogP contribution in [0.2, 0.25) is 0 Å². The van der Waals surface area contributed by atoms with Gasteiger partial charge in [0, 0.05) is 18.5 Å². The third-order valence-corrected chi connectivity index (χ3v) is 1.90. The second-order valence-corrected chi connectivity index (χ2v) is 2.76. The first-order valence-electron chi connectivity index (χ1n) is 3.60. The molecule has 3 N–H and O–H groups in total. The molecule has 1 aromatic heterocycles. The summed E-state index contributed by atoms with van der Waals surface area (Å²) in [5.41, 5.74) is 7.29. The monoisotopic (exact) mass is 151 g/mol. The maximum absolute atomic E-state index is 10.9. The molecule has 0 saturated heterocycles. The van der Waals surface area contributed by atoms with E-state index in [1.54, 1.807) is 0 Å². The van der Waals surface area contributed by atoms with Gasteiger partial charge in [0.05, 0.1) is 5.69 Å². The molecule has 11 heavy (non-hydrogen) atoms. The predicted octanol–water partition coefficient (Wildman–Crippen LogP) is 0.0497. The second kappa shape index (κ2) is 2.08. The van der Waals surface area contributed by atoms with Crippen molar-refractivity contribution in [1.82, 2.24) is 9.97 Å². The number of nitrogen functional groups attached to an aromatic ring is 1. The largest absolute Gasteiger partial charge is 0.369 e. The Hall–Kier alpha value is -1.32. The lowest BCUT2D eigenvalue weighted by Crippen LogP contribution is -2.12. The average Bonchev–Trinajstić information content (AvgIpc) is 2.27. The van der Waals surface area contributed by atoms with Crippen LogP contribution in [0.1, 0.15) is 17.8 Å². The minimum Gasteiger partial charge on any atom is -0.369 e. The Morgan fingerprint density at radius 3 is 3.09 bits per heavy atom. The number of rotatable bonds is 0. The van der Waals surface area contributed by atoms with Crippen LogP contribution in [0.5, 0.6) is 0 Å². The zero-order valence-electron chi connectivity index (χ0n) is 6.05. The number of carbonyl (C=O) groups is 1. The highest BCUT2D eigenvalue weighted by molar-refractivity contribution is 5.82. The molecule has 1 aromatic rings. The number of hydrogen-bond donors (Lipinski definition) is 2. The number of nitrogens with zero attached hydrogens (tertiary/aromatic N) is 1. The number of aromatic amines is 1. The maximum atomic E-state index is 10.9. The van der Waals surface area contributed by atoms with Crippen molar-refractivity contribution < 1.29 is 4.79 Å². The van der Waals surface area contributed by atoms with Crippen molar-refractivity contribution in [3.05, 3.63) is 11.4 Å². The Bertz CT molecular complexity index is 303. The number of aryl methyl sites for hydroxylation is 1. The Kier molecular flexibility index (Phi) is 1.21. The van der Waals surface area contributed by atoms with Gasteiger partial charge in [-0.25, -0.2) is 4.98 Å². The zero-order chi connectivity index (χ0) is 7.84. The van der Waals surface area contributed by atoms with Crippen LogP contribution in [-0.4, -0.2) is 15.8 Å². The Labute approximate surface area is 63.8 Å². The number of fused-ring (bicyclic) bond motifs is 1. The van der Waals surface area contributed by atoms with E-state index in [9.17, 15) is 4.79 Å². The first-order valence-corrected chi connectivity index (χ1v) is 3.60. The van der Waals surface area contributed by atoms with E-state index >= 15 is 0 Å². The van der Waals surface area contributed by atoms with Crippen LogP contribution >= 0.6 is 0 Å². The summed E-state index contributed by atoms with van der Waals surface area (Å²) in [5.74, 6) is 0.686. The molecular formula is C7H9N3O. The minimum absolute atomic E-state index is 0.265. The summed E-state index contributed by atoms with van der Waals surface area (Å²) in [7, 11) is 0. The molecule has 0 aliphatic heterocycles. The van der Waals surface area contributed by atoms with Gasteiger partial charge in [0.2, 0.25) is 0 Å². The van der Waals surface area contributed by atoms with Crippen LogP contribution in [-0.2, 0) is 17.6 Å². The van der Waals surface area contributed by atoms with Gasteiger partial charge < -0.3 is 10.7 Å². The molecule has 0 bridgehead atoms. The van der Waals surface area contributed by atoms with Crippen molar-refractivity contribution >= 4 is 11.7 Å². The van der Waals surface area contributed by atoms with Crippen molar-refractivity contribution in [3.63, 3.8) is 0 Å². The smallest absolute Gasteiger partial charge is 0.197 e. The van der Waals surface area contributed by atoms with Crippen molar-refractivity contribution in [3.8, 4) is 0 Å². The molecular weight excluding hydrogens is 142 g/mol. The number of nitrogens with two attached hydrogens (primary N) is 1. The van der Waals surface area contributed by atoms with E-state index < -0.39 is 0 Å². The first-order chi connectivity index (χ1) is 5.25. The fourth-order valence-corrected chi connectivity index (χ4v) is 1.36. The van der Waals surface area contributed by atoms with E-state index in [0.717, 1.165) is 17.8 Å². The first kappa shape index (κ1) is 6.39. The predicted molar refractivity (Wildman–Crippen MR) is 40.0 cm³/mol. The summed E-state index contributed by atoms with van der Waals surface area (Å²) in [5, 5.41) is 0. The number of hydrogen-bond acceptors (Lipinski definition) is 3. The normalized spacial score (nSPS) is 16.5. The Morgan fingerprint density at radius 2 is 2.27 bits per heavy atom. The highest BCUT2D eigenvalue weighted by atomic mass is 16.1. The van der Waals surface area contributed by atoms with Crippen molar-refractivity contribution in [2.24, 2.45) is 0 Å². The van der Waals surface area contributed by atoms with Crippen LogP contribution in [0.15, 0.2) is 0 Å². The van der Waals surface area contributed by atoms with Crippen molar-refractivity contribution in [2.75, 3.05) is 5.73 Å². The summed E-state index contributed by atoms with van der Waals surface area (Å²) in [4.78, 5) is 17.9. The number of ketones is 1. The van der Waals surface area contributed by atoms with Gasteiger partial charge in [-0.15, -0.1) is 0 Å². The number of imidazole rings is 1. The molecule has 0 amide bonds. The fraction of sp³-hybridized carbons (Fsp3) is 0.429. The van der Waals surface area contributed by atoms with Gasteiger partial charge in [0.25, 0.3) is 0 Å². The van der Waals surface area contributed by atoms with E-state index in [-0.39, 0.29) is 5.78 Å². The van der Waals surface area contributed by atoms with Gasteiger partial charge in [0.1, 0.15) is 5.78 Å². The van der Waals surface area contributed by atoms with Crippen molar-refractivity contribution in [2.45, 2.75) is 19.3 Å². The van der Waals surface area contributed by atoms with Gasteiger partial charge in [0.15, 0.2) is 5.95 Å². The van der Waals surface area contributed by atoms with E-state index in [1.165, 1.54) is 0 Å². The van der Waals surface area contributed by atoms with E-state index in [2.05, 4.69) is 9.97 Å². The zero-order valence-corrected chi connectivity index (χ0v) is 6.05. The molecule has 1 aliphatic rings. The molecule has 0 saturated carbocycles. The lowest BCUT2D eigenvalue weighted by molar-refractivity contribution is -0.118. The summed E-state index contributed by atoms with van der Waals surface area (Å²) >= 11 is 0. The van der Waals surface area contributed by atoms with Crippen LogP contribution in [0.4, 0.5) is 5.95 Å². The van der Waals surface area contributed by atoms with E-state index in [4.69, 9.17) is 5.73 Å². The standard InChI is InChI=1S/C7H9N3O/c8-7-9-5-2-1-4(11)3-6(5)10-7/h1-3H2,(H3,8,9,10). The molecule has 4 heteroatoms. The van der Waals surface area contributed by atoms with Crippen molar-refractivity contribution in [1.29, 1.82) is 0 Å². The lowest BCUT2D eigenvalue weighted by atomic mass is 10.0.